The highest BCUT2D eigenvalue weighted by atomic mass is 28.2. The Balaban J connectivity index is 0.000000200. The van der Waals surface area contributed by atoms with E-state index in [2.05, 4.69) is 35.8 Å². The maximum Gasteiger partial charge on any atom is 0.246 e. The van der Waals surface area contributed by atoms with Crippen molar-refractivity contribution in [1.29, 1.82) is 0 Å². The lowest BCUT2D eigenvalue weighted by Crippen LogP contribution is -1.94. The predicted molar refractivity (Wildman–Crippen MR) is 88.5 cm³/mol. The van der Waals surface area contributed by atoms with E-state index < -0.39 is 0 Å². The molecule has 0 spiro atoms. The molecule has 2 rings (SSSR count). The van der Waals surface area contributed by atoms with Crippen molar-refractivity contribution in [1.82, 2.24) is 0 Å². The lowest BCUT2D eigenvalue weighted by Gasteiger charge is -1.97. The molecule has 101 valence electrons. The van der Waals surface area contributed by atoms with Crippen LogP contribution in [0.15, 0.2) is 67.8 Å². The monoisotopic (exact) mass is 279 g/mol. The normalized spacial score (nSPS) is 9.25. The molecule has 3 radical (unpaired) electrons. The van der Waals surface area contributed by atoms with Crippen molar-refractivity contribution in [3.63, 3.8) is 0 Å². The Morgan fingerprint density at radius 2 is 1.35 bits per heavy atom. The van der Waals surface area contributed by atoms with Crippen molar-refractivity contribution in [3.8, 4) is 0 Å². The molecule has 0 fully saturated rings. The van der Waals surface area contributed by atoms with E-state index in [-0.39, 0.29) is 0 Å². The van der Waals surface area contributed by atoms with E-state index in [4.69, 9.17) is 4.43 Å². The van der Waals surface area contributed by atoms with Gasteiger partial charge in [-0.05, 0) is 23.1 Å². The minimum atomic E-state index is 0.723. The van der Waals surface area contributed by atoms with Crippen LogP contribution >= 0.6 is 0 Å². The third-order valence-corrected chi connectivity index (χ3v) is 2.98. The Kier molecular flexibility index (Phi) is 8.04. The Morgan fingerprint density at radius 3 is 1.80 bits per heavy atom. The first-order valence-corrected chi connectivity index (χ1v) is 6.89. The molecule has 0 amide bonds. The van der Waals surface area contributed by atoms with Gasteiger partial charge in [0.1, 0.15) is 0 Å². The molecule has 0 atom stereocenters. The third kappa shape index (κ3) is 5.82. The average molecular weight is 279 g/mol. The maximum absolute atomic E-state index is 4.75. The second kappa shape index (κ2) is 9.95. The fourth-order valence-electron chi connectivity index (χ4n) is 1.70. The van der Waals surface area contributed by atoms with Crippen molar-refractivity contribution in [2.45, 2.75) is 6.42 Å². The van der Waals surface area contributed by atoms with Crippen LogP contribution in [0.1, 0.15) is 16.7 Å². The molecule has 0 aromatic heterocycles. The molecule has 0 aliphatic heterocycles. The van der Waals surface area contributed by atoms with Crippen LogP contribution in [0.25, 0.3) is 12.2 Å². The summed E-state index contributed by atoms with van der Waals surface area (Å²) in [6, 6.07) is 18.3. The first kappa shape index (κ1) is 16.2. The maximum atomic E-state index is 4.75. The lowest BCUT2D eigenvalue weighted by molar-refractivity contribution is 0.354. The highest BCUT2D eigenvalue weighted by Gasteiger charge is 1.89. The molecule has 0 N–H and O–H groups in total. The van der Waals surface area contributed by atoms with Crippen LogP contribution in [-0.2, 0) is 10.8 Å². The summed E-state index contributed by atoms with van der Waals surface area (Å²) in [5, 5.41) is 0. The number of benzene rings is 2. The van der Waals surface area contributed by atoms with Crippen LogP contribution in [0, 0.1) is 0 Å². The molecular weight excluding hydrogens is 260 g/mol. The number of hydrogen-bond donors (Lipinski definition) is 0. The van der Waals surface area contributed by atoms with Gasteiger partial charge in [0, 0.05) is 6.61 Å². The van der Waals surface area contributed by atoms with Crippen LogP contribution in [0.2, 0.25) is 0 Å². The van der Waals surface area contributed by atoms with Crippen LogP contribution in [0.5, 0.6) is 0 Å². The molecule has 0 aliphatic carbocycles. The predicted octanol–water partition coefficient (Wildman–Crippen LogP) is 4.30. The van der Waals surface area contributed by atoms with Crippen molar-refractivity contribution < 1.29 is 4.43 Å². The second-order valence-electron chi connectivity index (χ2n) is 4.12. The molecule has 2 aromatic rings. The fraction of sp³-hybridized carbons (Fsp3) is 0.111. The summed E-state index contributed by atoms with van der Waals surface area (Å²) in [7, 11) is 2.95. The first-order valence-electron chi connectivity index (χ1n) is 6.48. The van der Waals surface area contributed by atoms with Crippen LogP contribution in [0.3, 0.4) is 0 Å². The summed E-state index contributed by atoms with van der Waals surface area (Å²) in [5.41, 5.74) is 3.58. The summed E-state index contributed by atoms with van der Waals surface area (Å²) < 4.78 is 4.75. The second-order valence-corrected chi connectivity index (χ2v) is 4.41. The fourth-order valence-corrected chi connectivity index (χ4v) is 1.80. The van der Waals surface area contributed by atoms with Gasteiger partial charge >= 0.3 is 0 Å². The van der Waals surface area contributed by atoms with Gasteiger partial charge in [-0.2, -0.15) is 0 Å². The van der Waals surface area contributed by atoms with Gasteiger partial charge in [-0.3, -0.25) is 0 Å². The summed E-state index contributed by atoms with van der Waals surface area (Å²) >= 11 is 0. The van der Waals surface area contributed by atoms with E-state index in [1.54, 1.807) is 0 Å². The smallest absolute Gasteiger partial charge is 0.246 e. The summed E-state index contributed by atoms with van der Waals surface area (Å²) in [4.78, 5) is 0. The Morgan fingerprint density at radius 1 is 0.850 bits per heavy atom. The Bertz CT molecular complexity index is 493. The van der Waals surface area contributed by atoms with Gasteiger partial charge < -0.3 is 4.43 Å². The van der Waals surface area contributed by atoms with Crippen molar-refractivity contribution >= 4 is 22.6 Å². The van der Waals surface area contributed by atoms with Crippen LogP contribution in [0.4, 0.5) is 0 Å². The highest BCUT2D eigenvalue weighted by molar-refractivity contribution is 5.97. The topological polar surface area (TPSA) is 9.23 Å². The van der Waals surface area contributed by atoms with Gasteiger partial charge in [-0.1, -0.05) is 79.9 Å². The zero-order valence-electron chi connectivity index (χ0n) is 11.6. The quantitative estimate of drug-likeness (QED) is 0.741. The molecule has 2 aromatic carbocycles. The zero-order chi connectivity index (χ0) is 14.6. The number of hydrogen-bond acceptors (Lipinski definition) is 1. The van der Waals surface area contributed by atoms with Gasteiger partial charge in [0.05, 0.1) is 0 Å². The van der Waals surface area contributed by atoms with Gasteiger partial charge in [0.15, 0.2) is 0 Å². The third-order valence-electron chi connectivity index (χ3n) is 2.77. The minimum Gasteiger partial charge on any atom is -0.418 e. The van der Waals surface area contributed by atoms with Crippen LogP contribution < -0.4 is 0 Å². The van der Waals surface area contributed by atoms with E-state index in [0.29, 0.717) is 0 Å². The molecule has 0 unspecified atom stereocenters. The summed E-state index contributed by atoms with van der Waals surface area (Å²) in [6.45, 7) is 8.11. The SMILES string of the molecule is C=Cc1ccccc1C=C.[Si]OCCc1ccccc1. The number of rotatable bonds is 5. The molecule has 0 aliphatic rings. The van der Waals surface area contributed by atoms with Crippen LogP contribution in [-0.4, -0.2) is 17.1 Å². The van der Waals surface area contributed by atoms with Gasteiger partial charge in [0.2, 0.25) is 10.5 Å². The first-order chi connectivity index (χ1) is 9.81. The van der Waals surface area contributed by atoms with E-state index in [0.717, 1.165) is 24.2 Å². The standard InChI is InChI=1S/C10H10.C8H9OSi/c1-3-9-7-5-6-8-10(9)4-2;10-9-7-6-8-4-2-1-3-5-8/h3-8H,1-2H2;1-5H,6-7H2. The highest BCUT2D eigenvalue weighted by Crippen LogP contribution is 2.10. The van der Waals surface area contributed by atoms with E-state index in [9.17, 15) is 0 Å². The minimum absolute atomic E-state index is 0.723. The summed E-state index contributed by atoms with van der Waals surface area (Å²) in [5.74, 6) is 0. The van der Waals surface area contributed by atoms with Gasteiger partial charge in [-0.15, -0.1) is 0 Å². The summed E-state index contributed by atoms with van der Waals surface area (Å²) in [6.07, 6.45) is 4.62. The zero-order valence-corrected chi connectivity index (χ0v) is 12.6. The van der Waals surface area contributed by atoms with E-state index in [1.807, 2.05) is 54.6 Å². The van der Waals surface area contributed by atoms with E-state index in [1.165, 1.54) is 5.56 Å². The molecule has 2 heteroatoms. The van der Waals surface area contributed by atoms with Gasteiger partial charge in [-0.25, -0.2) is 0 Å². The Labute approximate surface area is 125 Å². The largest absolute Gasteiger partial charge is 0.418 e. The lowest BCUT2D eigenvalue weighted by atomic mass is 10.1. The average Bonchev–Trinajstić information content (AvgIpc) is 2.54. The molecule has 20 heavy (non-hydrogen) atoms. The molecule has 0 saturated heterocycles. The van der Waals surface area contributed by atoms with Crippen molar-refractivity contribution in [3.05, 3.63) is 84.4 Å². The van der Waals surface area contributed by atoms with Crippen molar-refractivity contribution in [2.75, 3.05) is 6.61 Å². The molecular formula is C18H19OSi. The Hall–Kier alpha value is -1.90. The molecule has 0 saturated carbocycles. The van der Waals surface area contributed by atoms with Gasteiger partial charge in [0.25, 0.3) is 0 Å². The molecule has 0 heterocycles. The van der Waals surface area contributed by atoms with E-state index >= 15 is 0 Å². The van der Waals surface area contributed by atoms with Crippen molar-refractivity contribution in [2.24, 2.45) is 0 Å². The molecule has 1 nitrogen and oxygen atoms in total. The molecule has 0 bridgehead atoms.